The molecule has 2 aromatic rings. The number of urea groups is 1. The van der Waals surface area contributed by atoms with Crippen molar-refractivity contribution in [2.75, 3.05) is 38.1 Å². The van der Waals surface area contributed by atoms with Crippen molar-refractivity contribution < 1.29 is 18.0 Å². The Hall–Kier alpha value is -2.98. The van der Waals surface area contributed by atoms with Crippen LogP contribution in [0.25, 0.3) is 0 Å². The summed E-state index contributed by atoms with van der Waals surface area (Å²) in [5, 5.41) is 7.26. The van der Waals surface area contributed by atoms with Gasteiger partial charge in [0.2, 0.25) is 0 Å². The fourth-order valence-electron chi connectivity index (χ4n) is 3.59. The fourth-order valence-corrected chi connectivity index (χ4v) is 3.76. The van der Waals surface area contributed by atoms with Gasteiger partial charge >= 0.3 is 6.03 Å². The van der Waals surface area contributed by atoms with Crippen LogP contribution >= 0.6 is 11.6 Å². The van der Waals surface area contributed by atoms with Crippen molar-refractivity contribution in [1.29, 1.82) is 0 Å². The van der Waals surface area contributed by atoms with Crippen LogP contribution in [0.5, 0.6) is 0 Å². The van der Waals surface area contributed by atoms with E-state index in [-0.39, 0.29) is 29.7 Å². The number of nitrogens with zero attached hydrogens (tertiary/aromatic N) is 6. The maximum Gasteiger partial charge on any atom is 0.324 e. The van der Waals surface area contributed by atoms with E-state index in [0.29, 0.717) is 35.7 Å². The second-order valence-corrected chi connectivity index (χ2v) is 8.32. The molecule has 0 spiro atoms. The lowest BCUT2D eigenvalue weighted by Crippen LogP contribution is -2.52. The maximum absolute atomic E-state index is 13.7. The Morgan fingerprint density at radius 3 is 2.52 bits per heavy atom. The topological polar surface area (TPSA) is 64.4 Å². The van der Waals surface area contributed by atoms with E-state index in [2.05, 4.69) is 20.1 Å². The number of piperazine rings is 1. The highest BCUT2D eigenvalue weighted by Crippen LogP contribution is 2.25. The molecule has 174 valence electrons. The smallest absolute Gasteiger partial charge is 0.322 e. The average molecular weight is 479 g/mol. The summed E-state index contributed by atoms with van der Waals surface area (Å²) in [6.45, 7) is 2.76. The van der Waals surface area contributed by atoms with Gasteiger partial charge in [-0.25, -0.2) is 18.0 Å². The molecule has 11 heteroatoms. The second kappa shape index (κ2) is 9.88. The third-order valence-corrected chi connectivity index (χ3v) is 5.89. The van der Waals surface area contributed by atoms with Crippen LogP contribution in [0, 0.1) is 5.82 Å². The summed E-state index contributed by atoms with van der Waals surface area (Å²) in [4.78, 5) is 23.1. The number of carbonyl (C=O) groups excluding carboxylic acids is 1. The Bertz CT molecular complexity index is 1080. The molecule has 1 aromatic heterocycles. The Kier molecular flexibility index (Phi) is 6.94. The summed E-state index contributed by atoms with van der Waals surface area (Å²) in [6, 6.07) is 7.31. The first-order valence-electron chi connectivity index (χ1n) is 10.4. The zero-order chi connectivity index (χ0) is 23.5. The van der Waals surface area contributed by atoms with E-state index in [1.165, 1.54) is 29.3 Å². The molecule has 0 aliphatic carbocycles. The molecule has 2 amide bonds. The second-order valence-electron chi connectivity index (χ2n) is 7.91. The van der Waals surface area contributed by atoms with Crippen LogP contribution < -0.4 is 4.90 Å². The van der Waals surface area contributed by atoms with Crippen molar-refractivity contribution in [3.63, 3.8) is 0 Å². The van der Waals surface area contributed by atoms with Crippen LogP contribution in [0.4, 0.5) is 23.7 Å². The SMILES string of the molecule is CN1CCN(C(=O)N(Cc2ccc(C3=NN=C(C(F)F)C3)cn2)c2ccc(F)c(Cl)c2)CC1. The number of anilines is 1. The van der Waals surface area contributed by atoms with Crippen LogP contribution in [0.1, 0.15) is 17.7 Å². The van der Waals surface area contributed by atoms with Crippen molar-refractivity contribution in [2.45, 2.75) is 19.4 Å². The predicted molar refractivity (Wildman–Crippen MR) is 121 cm³/mol. The molecule has 33 heavy (non-hydrogen) atoms. The van der Waals surface area contributed by atoms with Crippen LogP contribution in [0.15, 0.2) is 46.7 Å². The number of hydrogen-bond acceptors (Lipinski definition) is 5. The normalized spacial score (nSPS) is 16.7. The van der Waals surface area contributed by atoms with Crippen molar-refractivity contribution in [3.05, 3.63) is 58.6 Å². The quantitative estimate of drug-likeness (QED) is 0.651. The third-order valence-electron chi connectivity index (χ3n) is 5.60. The molecular weight excluding hydrogens is 457 g/mol. The first kappa shape index (κ1) is 23.2. The first-order valence-corrected chi connectivity index (χ1v) is 10.8. The van der Waals surface area contributed by atoms with Crippen molar-refractivity contribution in [1.82, 2.24) is 14.8 Å². The number of aromatic nitrogens is 1. The van der Waals surface area contributed by atoms with Crippen LogP contribution in [0.2, 0.25) is 5.02 Å². The molecule has 0 N–H and O–H groups in total. The minimum atomic E-state index is -2.64. The minimum Gasteiger partial charge on any atom is -0.322 e. The number of rotatable bonds is 5. The van der Waals surface area contributed by atoms with Gasteiger partial charge in [0.05, 0.1) is 23.0 Å². The van der Waals surface area contributed by atoms with E-state index in [1.54, 1.807) is 17.0 Å². The Labute approximate surface area is 194 Å². The molecule has 2 aliphatic rings. The monoisotopic (exact) mass is 478 g/mol. The molecule has 0 radical (unpaired) electrons. The number of benzene rings is 1. The number of likely N-dealkylation sites (N-methyl/N-ethyl adjacent to an activating group) is 1. The van der Waals surface area contributed by atoms with E-state index in [4.69, 9.17) is 11.6 Å². The van der Waals surface area contributed by atoms with Gasteiger partial charge in [-0.15, -0.1) is 0 Å². The first-order chi connectivity index (χ1) is 15.8. The molecule has 2 aliphatic heterocycles. The minimum absolute atomic E-state index is 0.0270. The molecule has 1 saturated heterocycles. The van der Waals surface area contributed by atoms with Crippen molar-refractivity contribution >= 4 is 34.7 Å². The van der Waals surface area contributed by atoms with Gasteiger partial charge in [0.15, 0.2) is 0 Å². The van der Waals surface area contributed by atoms with Gasteiger partial charge in [-0.05, 0) is 37.4 Å². The average Bonchev–Trinajstić information content (AvgIpc) is 3.31. The van der Waals surface area contributed by atoms with Gasteiger partial charge in [-0.3, -0.25) is 9.88 Å². The van der Waals surface area contributed by atoms with Gasteiger partial charge in [0.1, 0.15) is 11.5 Å². The number of alkyl halides is 2. The summed E-state index contributed by atoms with van der Waals surface area (Å²) in [6.07, 6.45) is -1.15. The summed E-state index contributed by atoms with van der Waals surface area (Å²) >= 11 is 5.97. The molecule has 0 saturated carbocycles. The highest BCUT2D eigenvalue weighted by atomic mass is 35.5. The van der Waals surface area contributed by atoms with Crippen LogP contribution in [-0.2, 0) is 6.54 Å². The highest BCUT2D eigenvalue weighted by Gasteiger charge is 2.27. The largest absolute Gasteiger partial charge is 0.324 e. The van der Waals surface area contributed by atoms with Crippen LogP contribution in [0.3, 0.4) is 0 Å². The number of amides is 2. The summed E-state index contributed by atoms with van der Waals surface area (Å²) in [5.74, 6) is -0.572. The zero-order valence-corrected chi connectivity index (χ0v) is 18.6. The summed E-state index contributed by atoms with van der Waals surface area (Å²) in [5.41, 5.74) is 1.74. The van der Waals surface area contributed by atoms with Crippen molar-refractivity contribution in [2.24, 2.45) is 10.2 Å². The van der Waals surface area contributed by atoms with E-state index in [1.807, 2.05) is 7.05 Å². The Balaban J connectivity index is 1.54. The highest BCUT2D eigenvalue weighted by molar-refractivity contribution is 6.31. The number of pyridine rings is 1. The summed E-state index contributed by atoms with van der Waals surface area (Å²) in [7, 11) is 1.99. The number of halogens is 4. The van der Waals surface area contributed by atoms with Gasteiger partial charge < -0.3 is 9.80 Å². The lowest BCUT2D eigenvalue weighted by atomic mass is 10.1. The van der Waals surface area contributed by atoms with Gasteiger partial charge in [0, 0.05) is 50.0 Å². The lowest BCUT2D eigenvalue weighted by molar-refractivity contribution is 0.159. The molecule has 0 bridgehead atoms. The predicted octanol–water partition coefficient (Wildman–Crippen LogP) is 4.06. The fraction of sp³-hybridized carbons (Fsp3) is 0.364. The molecular formula is C22H22ClF3N6O. The van der Waals surface area contributed by atoms with Gasteiger partial charge in [-0.2, -0.15) is 10.2 Å². The van der Waals surface area contributed by atoms with Crippen LogP contribution in [-0.4, -0.2) is 71.9 Å². The molecule has 4 rings (SSSR count). The molecule has 3 heterocycles. The Morgan fingerprint density at radius 2 is 1.91 bits per heavy atom. The van der Waals surface area contributed by atoms with Gasteiger partial charge in [-0.1, -0.05) is 11.6 Å². The van der Waals surface area contributed by atoms with E-state index in [9.17, 15) is 18.0 Å². The van der Waals surface area contributed by atoms with E-state index < -0.39 is 12.2 Å². The van der Waals surface area contributed by atoms with E-state index >= 15 is 0 Å². The van der Waals surface area contributed by atoms with Crippen molar-refractivity contribution in [3.8, 4) is 0 Å². The molecule has 1 fully saturated rings. The number of hydrogen-bond donors (Lipinski definition) is 0. The Morgan fingerprint density at radius 1 is 1.15 bits per heavy atom. The standard InChI is InChI=1S/C22H22ClF3N6O/c1-30-6-8-31(9-7-30)22(33)32(16-4-5-18(24)17(23)10-16)13-15-3-2-14(12-27-15)19-11-20(21(25)26)29-28-19/h2-5,10,12,21H,6-9,11,13H2,1H3. The summed E-state index contributed by atoms with van der Waals surface area (Å²) < 4.78 is 39.3. The molecule has 1 aromatic carbocycles. The third kappa shape index (κ3) is 5.33. The lowest BCUT2D eigenvalue weighted by Gasteiger charge is -2.36. The maximum atomic E-state index is 13.7. The van der Waals surface area contributed by atoms with E-state index in [0.717, 1.165) is 13.1 Å². The van der Waals surface area contributed by atoms with Gasteiger partial charge in [0.25, 0.3) is 6.43 Å². The molecule has 0 unspecified atom stereocenters. The molecule has 0 atom stereocenters. The molecule has 7 nitrogen and oxygen atoms in total. The number of carbonyl (C=O) groups is 1. The zero-order valence-electron chi connectivity index (χ0n) is 17.9.